The van der Waals surface area contributed by atoms with Crippen LogP contribution < -0.4 is 0 Å². The van der Waals surface area contributed by atoms with E-state index in [0.717, 1.165) is 13.0 Å². The third-order valence-corrected chi connectivity index (χ3v) is 9.85. The molecule has 2 aromatic rings. The molecule has 3 rings (SSSR count). The molecule has 0 aromatic heterocycles. The van der Waals surface area contributed by atoms with E-state index < -0.39 is 0 Å². The largest absolute Gasteiger partial charge is 0.448 e. The molecule has 1 aliphatic rings. The fourth-order valence-electron chi connectivity index (χ4n) is 6.73. The molecule has 294 valence electrons. The van der Waals surface area contributed by atoms with E-state index in [0.29, 0.717) is 72.6 Å². The Morgan fingerprint density at radius 2 is 0.865 bits per heavy atom. The second kappa shape index (κ2) is 29.9. The molecule has 0 unspecified atom stereocenters. The molecular weight excluding hydrogens is 654 g/mol. The van der Waals surface area contributed by atoms with Crippen LogP contribution in [0.2, 0.25) is 0 Å². The summed E-state index contributed by atoms with van der Waals surface area (Å²) < 4.78 is 33.8. The molecule has 0 radical (unpaired) electrons. The molecule has 0 N–H and O–H groups in total. The highest BCUT2D eigenvalue weighted by molar-refractivity contribution is 5.79. The molecule has 0 bridgehead atoms. The minimum atomic E-state index is -0.346. The third kappa shape index (κ3) is 19.0. The maximum absolute atomic E-state index is 12.6. The number of rotatable bonds is 34. The molecule has 0 saturated carbocycles. The molecule has 2 aromatic carbocycles. The van der Waals surface area contributed by atoms with Crippen molar-refractivity contribution in [3.8, 4) is 11.1 Å². The van der Waals surface area contributed by atoms with Crippen molar-refractivity contribution in [3.05, 3.63) is 59.7 Å². The number of carbonyl (C=O) groups is 1. The van der Waals surface area contributed by atoms with Gasteiger partial charge in [0.2, 0.25) is 0 Å². The van der Waals surface area contributed by atoms with Gasteiger partial charge in [-0.3, -0.25) is 0 Å². The third-order valence-electron chi connectivity index (χ3n) is 9.85. The zero-order chi connectivity index (χ0) is 36.7. The van der Waals surface area contributed by atoms with Gasteiger partial charge in [-0.05, 0) is 28.7 Å². The number of hydrogen-bond acceptors (Lipinski definition) is 7. The first-order chi connectivity index (χ1) is 25.7. The number of ether oxygens (including phenoxy) is 6. The maximum atomic E-state index is 12.6. The number of amides is 1. The highest BCUT2D eigenvalue weighted by Gasteiger charge is 2.29. The van der Waals surface area contributed by atoms with Gasteiger partial charge in [0.05, 0.1) is 59.5 Å². The van der Waals surface area contributed by atoms with E-state index in [4.69, 9.17) is 28.4 Å². The van der Waals surface area contributed by atoms with E-state index in [1.54, 1.807) is 11.9 Å². The molecule has 0 atom stereocenters. The number of fused-ring (bicyclic) bond motifs is 3. The zero-order valence-corrected chi connectivity index (χ0v) is 32.8. The average molecular weight is 726 g/mol. The highest BCUT2D eigenvalue weighted by Crippen LogP contribution is 2.44. The summed E-state index contributed by atoms with van der Waals surface area (Å²) in [5.74, 6) is 0.0532. The van der Waals surface area contributed by atoms with E-state index in [2.05, 4.69) is 31.2 Å². The van der Waals surface area contributed by atoms with Gasteiger partial charge in [-0.15, -0.1) is 0 Å². The second-order valence-electron chi connectivity index (χ2n) is 14.1. The van der Waals surface area contributed by atoms with Gasteiger partial charge < -0.3 is 33.3 Å². The van der Waals surface area contributed by atoms with Crippen molar-refractivity contribution in [2.45, 2.75) is 116 Å². The Morgan fingerprint density at radius 1 is 0.500 bits per heavy atom. The van der Waals surface area contributed by atoms with Crippen molar-refractivity contribution in [2.24, 2.45) is 0 Å². The highest BCUT2D eigenvalue weighted by atomic mass is 16.6. The molecule has 0 heterocycles. The number of hydrogen-bond donors (Lipinski definition) is 0. The van der Waals surface area contributed by atoms with Crippen LogP contribution in [0.3, 0.4) is 0 Å². The first kappa shape index (κ1) is 43.9. The van der Waals surface area contributed by atoms with E-state index >= 15 is 0 Å². The van der Waals surface area contributed by atoms with Gasteiger partial charge in [-0.2, -0.15) is 0 Å². The van der Waals surface area contributed by atoms with Gasteiger partial charge in [0.15, 0.2) is 0 Å². The van der Waals surface area contributed by atoms with E-state index in [1.165, 1.54) is 119 Å². The van der Waals surface area contributed by atoms with Crippen molar-refractivity contribution in [2.75, 3.05) is 86.3 Å². The molecule has 0 aliphatic heterocycles. The monoisotopic (exact) mass is 726 g/mol. The summed E-state index contributed by atoms with van der Waals surface area (Å²) in [6, 6.07) is 16.7. The van der Waals surface area contributed by atoms with Crippen LogP contribution >= 0.6 is 0 Å². The molecule has 52 heavy (non-hydrogen) atoms. The van der Waals surface area contributed by atoms with Crippen LogP contribution in [0.4, 0.5) is 4.79 Å². The molecule has 1 amide bonds. The van der Waals surface area contributed by atoms with Gasteiger partial charge in [-0.25, -0.2) is 4.79 Å². The van der Waals surface area contributed by atoms with E-state index in [-0.39, 0.29) is 12.0 Å². The first-order valence-corrected chi connectivity index (χ1v) is 20.7. The lowest BCUT2D eigenvalue weighted by atomic mass is 9.98. The quantitative estimate of drug-likeness (QED) is 0.0665. The molecule has 0 fully saturated rings. The van der Waals surface area contributed by atoms with Crippen molar-refractivity contribution < 1.29 is 33.2 Å². The van der Waals surface area contributed by atoms with Gasteiger partial charge in [0.25, 0.3) is 0 Å². The Morgan fingerprint density at radius 3 is 1.31 bits per heavy atom. The fraction of sp³-hybridized carbons (Fsp3) is 0.705. The van der Waals surface area contributed by atoms with E-state index in [1.807, 2.05) is 24.3 Å². The molecule has 0 spiro atoms. The smallest absolute Gasteiger partial charge is 0.409 e. The lowest BCUT2D eigenvalue weighted by molar-refractivity contribution is -0.0121. The minimum Gasteiger partial charge on any atom is -0.448 e. The normalized spacial score (nSPS) is 12.3. The summed E-state index contributed by atoms with van der Waals surface area (Å²) in [5.41, 5.74) is 4.85. The van der Waals surface area contributed by atoms with Gasteiger partial charge in [0, 0.05) is 26.1 Å². The number of likely N-dealkylation sites (N-methyl/N-ethyl adjacent to an activating group) is 1. The maximum Gasteiger partial charge on any atom is 0.409 e. The Labute approximate surface area is 316 Å². The summed E-state index contributed by atoms with van der Waals surface area (Å²) in [6.45, 7) is 8.60. The fourth-order valence-corrected chi connectivity index (χ4v) is 6.73. The van der Waals surface area contributed by atoms with Crippen LogP contribution in [0.25, 0.3) is 11.1 Å². The minimum absolute atomic E-state index is 0.0532. The summed E-state index contributed by atoms with van der Waals surface area (Å²) in [6.07, 6.45) is 21.8. The Bertz CT molecular complexity index is 1120. The molecule has 0 saturated heterocycles. The summed E-state index contributed by atoms with van der Waals surface area (Å²) in [4.78, 5) is 14.2. The van der Waals surface area contributed by atoms with Crippen molar-refractivity contribution in [1.82, 2.24) is 4.90 Å². The molecular formula is C44H71NO7. The SMILES string of the molecule is CCCCCCCCCCCCCCCCCCOCCOCCOCCOCCOCCN(C)C(=O)OCC1c2ccccc2-c2ccccc21. The number of nitrogens with zero attached hydrogens (tertiary/aromatic N) is 1. The van der Waals surface area contributed by atoms with Crippen LogP contribution in [0.1, 0.15) is 127 Å². The zero-order valence-electron chi connectivity index (χ0n) is 32.8. The van der Waals surface area contributed by atoms with Crippen molar-refractivity contribution in [3.63, 3.8) is 0 Å². The van der Waals surface area contributed by atoms with Gasteiger partial charge in [0.1, 0.15) is 6.61 Å². The molecule has 8 heteroatoms. The van der Waals surface area contributed by atoms with Crippen molar-refractivity contribution in [1.29, 1.82) is 0 Å². The molecule has 8 nitrogen and oxygen atoms in total. The Balaban J connectivity index is 0.988. The van der Waals surface area contributed by atoms with Crippen LogP contribution in [0, 0.1) is 0 Å². The van der Waals surface area contributed by atoms with Crippen LogP contribution in [0.5, 0.6) is 0 Å². The number of carbonyl (C=O) groups excluding carboxylic acids is 1. The Kier molecular flexibility index (Phi) is 25.3. The second-order valence-corrected chi connectivity index (χ2v) is 14.1. The summed E-state index contributed by atoms with van der Waals surface area (Å²) in [7, 11) is 1.73. The standard InChI is InChI=1S/C44H71NO7/c1-3-4-5-6-7-8-9-10-11-12-13-14-15-16-17-22-28-47-30-32-49-34-36-51-37-35-50-33-31-48-29-27-45(2)44(46)52-38-43-41-25-20-18-23-39(41)40-24-19-21-26-42(40)43/h18-21,23-26,43H,3-17,22,27-38H2,1-2H3. The summed E-state index contributed by atoms with van der Waals surface area (Å²) in [5, 5.41) is 0. The van der Waals surface area contributed by atoms with Crippen LogP contribution in [0.15, 0.2) is 48.5 Å². The first-order valence-electron chi connectivity index (χ1n) is 20.7. The van der Waals surface area contributed by atoms with Crippen LogP contribution in [-0.4, -0.2) is 97.3 Å². The van der Waals surface area contributed by atoms with E-state index in [9.17, 15) is 4.79 Å². The predicted molar refractivity (Wildman–Crippen MR) is 211 cm³/mol. The molecule has 1 aliphatic carbocycles. The topological polar surface area (TPSA) is 75.7 Å². The lowest BCUT2D eigenvalue weighted by Crippen LogP contribution is -2.32. The van der Waals surface area contributed by atoms with Gasteiger partial charge >= 0.3 is 6.09 Å². The van der Waals surface area contributed by atoms with Crippen molar-refractivity contribution >= 4 is 6.09 Å². The van der Waals surface area contributed by atoms with Crippen LogP contribution in [-0.2, 0) is 28.4 Å². The Hall–Kier alpha value is -2.49. The number of unbranched alkanes of at least 4 members (excludes halogenated alkanes) is 15. The summed E-state index contributed by atoms with van der Waals surface area (Å²) >= 11 is 0. The average Bonchev–Trinajstić information content (AvgIpc) is 3.49. The number of benzene rings is 2. The van der Waals surface area contributed by atoms with Gasteiger partial charge in [-0.1, -0.05) is 152 Å². The predicted octanol–water partition coefficient (Wildman–Crippen LogP) is 10.2. The lowest BCUT2D eigenvalue weighted by Gasteiger charge is -2.19.